The van der Waals surface area contributed by atoms with Crippen LogP contribution in [0.25, 0.3) is 0 Å². The zero-order chi connectivity index (χ0) is 12.5. The second-order valence-electron chi connectivity index (χ2n) is 5.06. The number of unbranched alkanes of at least 4 members (excludes halogenated alkanes) is 3. The van der Waals surface area contributed by atoms with Gasteiger partial charge in [0.15, 0.2) is 0 Å². The van der Waals surface area contributed by atoms with Gasteiger partial charge in [-0.15, -0.1) is 11.6 Å². The van der Waals surface area contributed by atoms with Gasteiger partial charge in [0.25, 0.3) is 0 Å². The number of amides is 1. The summed E-state index contributed by atoms with van der Waals surface area (Å²) in [6.07, 6.45) is 10.1. The van der Waals surface area contributed by atoms with Gasteiger partial charge >= 0.3 is 0 Å². The smallest absolute Gasteiger partial charge is 0.222 e. The summed E-state index contributed by atoms with van der Waals surface area (Å²) in [5, 5.41) is 0. The van der Waals surface area contributed by atoms with E-state index in [4.69, 9.17) is 11.6 Å². The number of rotatable bonds is 6. The molecule has 1 saturated heterocycles. The summed E-state index contributed by atoms with van der Waals surface area (Å²) in [7, 11) is 0. The minimum absolute atomic E-state index is 0.290. The molecule has 0 N–H and O–H groups in total. The Hall–Kier alpha value is -0.240. The first kappa shape index (κ1) is 14.8. The first-order valence-corrected chi connectivity index (χ1v) is 7.68. The monoisotopic (exact) mass is 259 g/mol. The molecule has 1 aliphatic rings. The van der Waals surface area contributed by atoms with E-state index in [-0.39, 0.29) is 6.04 Å². The van der Waals surface area contributed by atoms with Crippen molar-refractivity contribution >= 4 is 17.5 Å². The Morgan fingerprint density at radius 2 is 2.06 bits per heavy atom. The van der Waals surface area contributed by atoms with Gasteiger partial charge in [0, 0.05) is 24.9 Å². The largest absolute Gasteiger partial charge is 0.339 e. The summed E-state index contributed by atoms with van der Waals surface area (Å²) in [6, 6.07) is 0.290. The molecule has 0 aromatic carbocycles. The molecule has 100 valence electrons. The van der Waals surface area contributed by atoms with Gasteiger partial charge in [0.2, 0.25) is 5.91 Å². The molecule has 0 aliphatic carbocycles. The zero-order valence-electron chi connectivity index (χ0n) is 11.1. The lowest BCUT2D eigenvalue weighted by Crippen LogP contribution is -2.40. The highest BCUT2D eigenvalue weighted by Crippen LogP contribution is 2.19. The van der Waals surface area contributed by atoms with Gasteiger partial charge in [-0.3, -0.25) is 4.79 Å². The van der Waals surface area contributed by atoms with Crippen molar-refractivity contribution in [3.8, 4) is 0 Å². The first-order chi connectivity index (χ1) is 8.29. The summed E-state index contributed by atoms with van der Waals surface area (Å²) in [5.41, 5.74) is 0. The van der Waals surface area contributed by atoms with Crippen molar-refractivity contribution in [1.29, 1.82) is 0 Å². The molecule has 0 saturated carbocycles. The summed E-state index contributed by atoms with van der Waals surface area (Å²) >= 11 is 5.98. The van der Waals surface area contributed by atoms with E-state index in [1.54, 1.807) is 0 Å². The molecule has 17 heavy (non-hydrogen) atoms. The summed E-state index contributed by atoms with van der Waals surface area (Å²) < 4.78 is 0. The second kappa shape index (κ2) is 8.79. The molecule has 0 bridgehead atoms. The van der Waals surface area contributed by atoms with E-state index in [9.17, 15) is 4.79 Å². The molecule has 1 atom stereocenters. The fourth-order valence-corrected chi connectivity index (χ4v) is 2.83. The number of hydrogen-bond donors (Lipinski definition) is 0. The predicted octanol–water partition coefficient (Wildman–Crippen LogP) is 3.97. The Morgan fingerprint density at radius 1 is 1.24 bits per heavy atom. The summed E-state index contributed by atoms with van der Waals surface area (Å²) in [6.45, 7) is 3.12. The van der Waals surface area contributed by atoms with Crippen LogP contribution in [0.15, 0.2) is 0 Å². The number of halogens is 1. The Bertz CT molecular complexity index is 220. The third-order valence-corrected chi connectivity index (χ3v) is 3.98. The van der Waals surface area contributed by atoms with Crippen molar-refractivity contribution in [3.05, 3.63) is 0 Å². The predicted molar refractivity (Wildman–Crippen MR) is 73.4 cm³/mol. The van der Waals surface area contributed by atoms with Crippen molar-refractivity contribution in [2.24, 2.45) is 0 Å². The van der Waals surface area contributed by atoms with Gasteiger partial charge in [-0.25, -0.2) is 0 Å². The number of carbonyl (C=O) groups excluding carboxylic acids is 1. The molecule has 0 radical (unpaired) electrons. The number of hydrogen-bond acceptors (Lipinski definition) is 1. The summed E-state index contributed by atoms with van der Waals surface area (Å²) in [4.78, 5) is 14.2. The van der Waals surface area contributed by atoms with Crippen LogP contribution in [0.1, 0.15) is 64.7 Å². The maximum atomic E-state index is 12.2. The average molecular weight is 260 g/mol. The second-order valence-corrected chi connectivity index (χ2v) is 5.36. The van der Waals surface area contributed by atoms with Crippen LogP contribution in [0.5, 0.6) is 0 Å². The van der Waals surface area contributed by atoms with Crippen molar-refractivity contribution < 1.29 is 4.79 Å². The van der Waals surface area contributed by atoms with Crippen LogP contribution in [-0.4, -0.2) is 29.3 Å². The van der Waals surface area contributed by atoms with E-state index in [1.165, 1.54) is 32.1 Å². The molecule has 3 heteroatoms. The molecule has 1 fully saturated rings. The SMILES string of the molecule is CCCCCCC(=O)N1CCCCCC1CCl. The fraction of sp³-hybridized carbons (Fsp3) is 0.929. The molecule has 1 aliphatic heterocycles. The number of alkyl halides is 1. The number of nitrogens with zero attached hydrogens (tertiary/aromatic N) is 1. The quantitative estimate of drug-likeness (QED) is 0.522. The lowest BCUT2D eigenvalue weighted by molar-refractivity contribution is -0.133. The highest BCUT2D eigenvalue weighted by atomic mass is 35.5. The zero-order valence-corrected chi connectivity index (χ0v) is 11.8. The van der Waals surface area contributed by atoms with E-state index in [2.05, 4.69) is 6.92 Å². The van der Waals surface area contributed by atoms with Crippen molar-refractivity contribution in [2.75, 3.05) is 12.4 Å². The maximum Gasteiger partial charge on any atom is 0.222 e. The van der Waals surface area contributed by atoms with Crippen LogP contribution in [0, 0.1) is 0 Å². The minimum Gasteiger partial charge on any atom is -0.339 e. The van der Waals surface area contributed by atoms with Crippen molar-refractivity contribution in [2.45, 2.75) is 70.8 Å². The number of carbonyl (C=O) groups is 1. The standard InChI is InChI=1S/C14H26ClNO/c1-2-3-4-7-10-14(17)16-11-8-5-6-9-13(16)12-15/h13H,2-12H2,1H3. The van der Waals surface area contributed by atoms with Crippen LogP contribution in [0.4, 0.5) is 0 Å². The molecule has 1 rings (SSSR count). The van der Waals surface area contributed by atoms with Crippen LogP contribution in [-0.2, 0) is 4.79 Å². The van der Waals surface area contributed by atoms with Gasteiger partial charge in [0.1, 0.15) is 0 Å². The average Bonchev–Trinajstić information content (AvgIpc) is 2.59. The van der Waals surface area contributed by atoms with Gasteiger partial charge in [-0.2, -0.15) is 0 Å². The molecular weight excluding hydrogens is 234 g/mol. The highest BCUT2D eigenvalue weighted by Gasteiger charge is 2.23. The molecule has 0 spiro atoms. The van der Waals surface area contributed by atoms with Gasteiger partial charge in [-0.1, -0.05) is 39.0 Å². The highest BCUT2D eigenvalue weighted by molar-refractivity contribution is 6.18. The minimum atomic E-state index is 0.290. The summed E-state index contributed by atoms with van der Waals surface area (Å²) in [5.74, 6) is 0.925. The van der Waals surface area contributed by atoms with Crippen LogP contribution in [0.3, 0.4) is 0 Å². The third kappa shape index (κ3) is 5.29. The topological polar surface area (TPSA) is 20.3 Å². The van der Waals surface area contributed by atoms with E-state index in [0.29, 0.717) is 18.2 Å². The van der Waals surface area contributed by atoms with E-state index in [1.807, 2.05) is 4.90 Å². The van der Waals surface area contributed by atoms with Crippen molar-refractivity contribution in [3.63, 3.8) is 0 Å². The Labute approximate surface area is 111 Å². The fourth-order valence-electron chi connectivity index (χ4n) is 2.51. The molecule has 1 amide bonds. The van der Waals surface area contributed by atoms with Crippen LogP contribution < -0.4 is 0 Å². The first-order valence-electron chi connectivity index (χ1n) is 7.15. The molecule has 1 heterocycles. The molecule has 0 aromatic heterocycles. The Morgan fingerprint density at radius 3 is 2.76 bits per heavy atom. The van der Waals surface area contributed by atoms with Gasteiger partial charge < -0.3 is 4.90 Å². The van der Waals surface area contributed by atoms with Crippen LogP contribution >= 0.6 is 11.6 Å². The molecule has 0 aromatic rings. The molecule has 1 unspecified atom stereocenters. The van der Waals surface area contributed by atoms with Gasteiger partial charge in [0.05, 0.1) is 0 Å². The Kier molecular flexibility index (Phi) is 7.67. The molecular formula is C14H26ClNO. The van der Waals surface area contributed by atoms with Crippen LogP contribution in [0.2, 0.25) is 0 Å². The van der Waals surface area contributed by atoms with Crippen molar-refractivity contribution in [1.82, 2.24) is 4.90 Å². The number of likely N-dealkylation sites (tertiary alicyclic amines) is 1. The third-order valence-electron chi connectivity index (χ3n) is 3.62. The maximum absolute atomic E-state index is 12.2. The Balaban J connectivity index is 2.35. The van der Waals surface area contributed by atoms with E-state index < -0.39 is 0 Å². The lowest BCUT2D eigenvalue weighted by atomic mass is 10.1. The molecule has 2 nitrogen and oxygen atoms in total. The van der Waals surface area contributed by atoms with E-state index >= 15 is 0 Å². The van der Waals surface area contributed by atoms with E-state index in [0.717, 1.165) is 25.8 Å². The normalized spacial score (nSPS) is 21.3. The lowest BCUT2D eigenvalue weighted by Gasteiger charge is -2.28. The van der Waals surface area contributed by atoms with Gasteiger partial charge in [-0.05, 0) is 19.3 Å².